The van der Waals surface area contributed by atoms with Gasteiger partial charge in [0.2, 0.25) is 0 Å². The smallest absolute Gasteiger partial charge is 0.269 e. The average molecular weight is 305 g/mol. The summed E-state index contributed by atoms with van der Waals surface area (Å²) in [6, 6.07) is 12.6. The quantitative estimate of drug-likeness (QED) is 0.615. The van der Waals surface area contributed by atoms with Gasteiger partial charge < -0.3 is 5.32 Å². The van der Waals surface area contributed by atoms with Gasteiger partial charge in [-0.1, -0.05) is 43.1 Å². The summed E-state index contributed by atoms with van der Waals surface area (Å²) in [6.07, 6.45) is 2.06. The number of hydrogen-bond acceptors (Lipinski definition) is 3. The zero-order chi connectivity index (χ0) is 15.2. The first kappa shape index (κ1) is 15.3. The fourth-order valence-corrected chi connectivity index (χ4v) is 2.37. The standard InChI is InChI=1S/C16H17ClN2O2/c1-2-5-12-6-3-4-7-16(12)18-11-13-10-14(19(20)21)8-9-15(13)17/h3-4,6-10,18H,2,5,11H2,1H3. The van der Waals surface area contributed by atoms with Gasteiger partial charge in [-0.15, -0.1) is 0 Å². The lowest BCUT2D eigenvalue weighted by atomic mass is 10.1. The predicted molar refractivity (Wildman–Crippen MR) is 85.9 cm³/mol. The van der Waals surface area contributed by atoms with Crippen molar-refractivity contribution in [3.8, 4) is 0 Å². The maximum absolute atomic E-state index is 10.8. The molecule has 0 saturated heterocycles. The Labute approximate surface area is 128 Å². The SMILES string of the molecule is CCCc1ccccc1NCc1cc([N+](=O)[O-])ccc1Cl. The summed E-state index contributed by atoms with van der Waals surface area (Å²) in [7, 11) is 0. The van der Waals surface area contributed by atoms with Crippen molar-refractivity contribution in [2.75, 3.05) is 5.32 Å². The molecule has 2 aromatic carbocycles. The van der Waals surface area contributed by atoms with E-state index in [0.717, 1.165) is 24.1 Å². The van der Waals surface area contributed by atoms with Crippen molar-refractivity contribution in [3.63, 3.8) is 0 Å². The van der Waals surface area contributed by atoms with Crippen molar-refractivity contribution in [2.45, 2.75) is 26.3 Å². The van der Waals surface area contributed by atoms with Gasteiger partial charge in [-0.05, 0) is 29.7 Å². The van der Waals surface area contributed by atoms with Crippen LogP contribution in [0, 0.1) is 10.1 Å². The van der Waals surface area contributed by atoms with Crippen LogP contribution in [0.25, 0.3) is 0 Å². The first-order valence-electron chi connectivity index (χ1n) is 6.86. The van der Waals surface area contributed by atoms with Crippen LogP contribution in [0.15, 0.2) is 42.5 Å². The minimum Gasteiger partial charge on any atom is -0.381 e. The Bertz CT molecular complexity index is 644. The third-order valence-electron chi connectivity index (χ3n) is 3.25. The van der Waals surface area contributed by atoms with Crippen molar-refractivity contribution in [3.05, 3.63) is 68.7 Å². The molecule has 0 fully saturated rings. The van der Waals surface area contributed by atoms with Crippen LogP contribution in [0.5, 0.6) is 0 Å². The molecule has 0 radical (unpaired) electrons. The van der Waals surface area contributed by atoms with Gasteiger partial charge in [-0.2, -0.15) is 0 Å². The van der Waals surface area contributed by atoms with Crippen LogP contribution < -0.4 is 5.32 Å². The molecule has 110 valence electrons. The lowest BCUT2D eigenvalue weighted by molar-refractivity contribution is -0.384. The lowest BCUT2D eigenvalue weighted by Gasteiger charge is -2.12. The van der Waals surface area contributed by atoms with Crippen LogP contribution in [0.4, 0.5) is 11.4 Å². The van der Waals surface area contributed by atoms with E-state index in [2.05, 4.69) is 18.3 Å². The van der Waals surface area contributed by atoms with E-state index in [4.69, 9.17) is 11.6 Å². The fourth-order valence-electron chi connectivity index (χ4n) is 2.18. The number of benzene rings is 2. The summed E-state index contributed by atoms with van der Waals surface area (Å²) in [6.45, 7) is 2.59. The van der Waals surface area contributed by atoms with E-state index in [1.807, 2.05) is 18.2 Å². The number of non-ortho nitro benzene ring substituents is 1. The second kappa shape index (κ2) is 7.09. The summed E-state index contributed by atoms with van der Waals surface area (Å²) in [5.74, 6) is 0. The predicted octanol–water partition coefficient (Wildman–Crippen LogP) is 4.81. The Morgan fingerprint density at radius 1 is 1.19 bits per heavy atom. The topological polar surface area (TPSA) is 55.2 Å². The fraction of sp³-hybridized carbons (Fsp3) is 0.250. The number of hydrogen-bond donors (Lipinski definition) is 1. The molecule has 0 heterocycles. The van der Waals surface area contributed by atoms with Gasteiger partial charge in [0.15, 0.2) is 0 Å². The van der Waals surface area contributed by atoms with Gasteiger partial charge in [0.05, 0.1) is 4.92 Å². The molecular weight excluding hydrogens is 288 g/mol. The molecule has 5 heteroatoms. The number of nitro benzene ring substituents is 1. The first-order valence-corrected chi connectivity index (χ1v) is 7.24. The number of nitro groups is 1. The molecule has 21 heavy (non-hydrogen) atoms. The second-order valence-electron chi connectivity index (χ2n) is 4.79. The van der Waals surface area contributed by atoms with E-state index in [0.29, 0.717) is 11.6 Å². The van der Waals surface area contributed by atoms with Gasteiger partial charge in [-0.25, -0.2) is 0 Å². The Morgan fingerprint density at radius 2 is 1.95 bits per heavy atom. The molecule has 0 saturated carbocycles. The first-order chi connectivity index (χ1) is 10.1. The van der Waals surface area contributed by atoms with Crippen LogP contribution in [0.2, 0.25) is 5.02 Å². The number of anilines is 1. The Balaban J connectivity index is 2.16. The minimum absolute atomic E-state index is 0.0537. The van der Waals surface area contributed by atoms with Gasteiger partial charge in [0, 0.05) is 29.4 Å². The molecule has 1 N–H and O–H groups in total. The molecule has 4 nitrogen and oxygen atoms in total. The molecule has 0 bridgehead atoms. The third kappa shape index (κ3) is 3.95. The van der Waals surface area contributed by atoms with Crippen molar-refractivity contribution in [2.24, 2.45) is 0 Å². The Kier molecular flexibility index (Phi) is 5.17. The Morgan fingerprint density at radius 3 is 2.67 bits per heavy atom. The molecule has 0 atom stereocenters. The summed E-state index contributed by atoms with van der Waals surface area (Å²) < 4.78 is 0. The molecule has 2 aromatic rings. The molecule has 0 aliphatic heterocycles. The maximum atomic E-state index is 10.8. The number of nitrogens with zero attached hydrogens (tertiary/aromatic N) is 1. The molecule has 0 unspecified atom stereocenters. The van der Waals surface area contributed by atoms with Crippen LogP contribution in [0.1, 0.15) is 24.5 Å². The van der Waals surface area contributed by atoms with E-state index in [9.17, 15) is 10.1 Å². The zero-order valence-electron chi connectivity index (χ0n) is 11.8. The van der Waals surface area contributed by atoms with E-state index < -0.39 is 4.92 Å². The monoisotopic (exact) mass is 304 g/mol. The van der Waals surface area contributed by atoms with Crippen molar-refractivity contribution in [1.82, 2.24) is 0 Å². The summed E-state index contributed by atoms with van der Waals surface area (Å²) in [4.78, 5) is 10.4. The van der Waals surface area contributed by atoms with Gasteiger partial charge in [0.1, 0.15) is 0 Å². The highest BCUT2D eigenvalue weighted by Crippen LogP contribution is 2.24. The normalized spacial score (nSPS) is 10.4. The van der Waals surface area contributed by atoms with Crippen LogP contribution in [0.3, 0.4) is 0 Å². The summed E-state index contributed by atoms with van der Waals surface area (Å²) in [5.41, 5.74) is 3.05. The highest BCUT2D eigenvalue weighted by Gasteiger charge is 2.10. The van der Waals surface area contributed by atoms with E-state index in [1.54, 1.807) is 6.07 Å². The Hall–Kier alpha value is -2.07. The van der Waals surface area contributed by atoms with E-state index >= 15 is 0 Å². The second-order valence-corrected chi connectivity index (χ2v) is 5.20. The number of rotatable bonds is 6. The van der Waals surface area contributed by atoms with Crippen molar-refractivity contribution in [1.29, 1.82) is 0 Å². The summed E-state index contributed by atoms with van der Waals surface area (Å²) >= 11 is 6.11. The average Bonchev–Trinajstić information content (AvgIpc) is 2.48. The number of nitrogens with one attached hydrogen (secondary N) is 1. The maximum Gasteiger partial charge on any atom is 0.269 e. The van der Waals surface area contributed by atoms with Crippen LogP contribution >= 0.6 is 11.6 Å². The highest BCUT2D eigenvalue weighted by atomic mass is 35.5. The molecule has 0 spiro atoms. The molecule has 0 aliphatic carbocycles. The molecule has 0 amide bonds. The zero-order valence-corrected chi connectivity index (χ0v) is 12.6. The largest absolute Gasteiger partial charge is 0.381 e. The van der Waals surface area contributed by atoms with Crippen LogP contribution in [-0.2, 0) is 13.0 Å². The number of aryl methyl sites for hydroxylation is 1. The molecular formula is C16H17ClN2O2. The lowest BCUT2D eigenvalue weighted by Crippen LogP contribution is -2.03. The summed E-state index contributed by atoms with van der Waals surface area (Å²) in [5, 5.41) is 14.7. The van der Waals surface area contributed by atoms with Gasteiger partial charge in [0.25, 0.3) is 5.69 Å². The van der Waals surface area contributed by atoms with E-state index in [1.165, 1.54) is 17.7 Å². The van der Waals surface area contributed by atoms with Crippen molar-refractivity contribution < 1.29 is 4.92 Å². The van der Waals surface area contributed by atoms with E-state index in [-0.39, 0.29) is 5.69 Å². The van der Waals surface area contributed by atoms with Gasteiger partial charge >= 0.3 is 0 Å². The van der Waals surface area contributed by atoms with Gasteiger partial charge in [-0.3, -0.25) is 10.1 Å². The number of para-hydroxylation sites is 1. The van der Waals surface area contributed by atoms with Crippen LogP contribution in [-0.4, -0.2) is 4.92 Å². The highest BCUT2D eigenvalue weighted by molar-refractivity contribution is 6.31. The molecule has 0 aromatic heterocycles. The molecule has 2 rings (SSSR count). The molecule has 0 aliphatic rings. The minimum atomic E-state index is -0.412. The van der Waals surface area contributed by atoms with Crippen molar-refractivity contribution >= 4 is 23.0 Å². The third-order valence-corrected chi connectivity index (χ3v) is 3.61. The number of halogens is 1.